The van der Waals surface area contributed by atoms with Crippen LogP contribution >= 0.6 is 0 Å². The van der Waals surface area contributed by atoms with Crippen LogP contribution in [0.2, 0.25) is 0 Å². The van der Waals surface area contributed by atoms with Gasteiger partial charge in [-0.25, -0.2) is 9.18 Å². The predicted octanol–water partition coefficient (Wildman–Crippen LogP) is 4.00. The van der Waals surface area contributed by atoms with Crippen molar-refractivity contribution in [1.29, 1.82) is 0 Å². The summed E-state index contributed by atoms with van der Waals surface area (Å²) in [6.07, 6.45) is -0.327. The average molecular weight is 475 g/mol. The number of rotatable bonds is 6. The number of hydrogen-bond donors (Lipinski definition) is 2. The molecule has 1 atom stereocenters. The van der Waals surface area contributed by atoms with Crippen molar-refractivity contribution in [2.45, 2.75) is 19.4 Å². The SMILES string of the molecule is CCOC(=O)c1ccc(NC(=O)C[C@@H]2C(=O)Nc3ccccc3N2C(=O)c2ccc(F)cc2)cc1. The lowest BCUT2D eigenvalue weighted by Gasteiger charge is -2.36. The number of benzene rings is 3. The van der Waals surface area contributed by atoms with E-state index in [1.54, 1.807) is 43.3 Å². The number of carbonyl (C=O) groups excluding carboxylic acids is 4. The normalized spacial score (nSPS) is 14.5. The maximum Gasteiger partial charge on any atom is 0.338 e. The Morgan fingerprint density at radius 2 is 1.63 bits per heavy atom. The molecule has 9 heteroatoms. The minimum Gasteiger partial charge on any atom is -0.462 e. The predicted molar refractivity (Wildman–Crippen MR) is 128 cm³/mol. The Morgan fingerprint density at radius 3 is 2.31 bits per heavy atom. The third-order valence-corrected chi connectivity index (χ3v) is 5.40. The number of hydrogen-bond acceptors (Lipinski definition) is 5. The molecule has 178 valence electrons. The number of halogens is 1. The summed E-state index contributed by atoms with van der Waals surface area (Å²) in [4.78, 5) is 52.2. The van der Waals surface area contributed by atoms with E-state index in [1.807, 2.05) is 0 Å². The maximum absolute atomic E-state index is 13.4. The van der Waals surface area contributed by atoms with E-state index >= 15 is 0 Å². The molecule has 0 radical (unpaired) electrons. The van der Waals surface area contributed by atoms with Crippen LogP contribution in [-0.2, 0) is 14.3 Å². The van der Waals surface area contributed by atoms with Crippen LogP contribution in [-0.4, -0.2) is 36.3 Å². The molecule has 2 N–H and O–H groups in total. The fourth-order valence-electron chi connectivity index (χ4n) is 3.75. The first-order valence-electron chi connectivity index (χ1n) is 10.9. The van der Waals surface area contributed by atoms with Crippen LogP contribution in [0.1, 0.15) is 34.1 Å². The highest BCUT2D eigenvalue weighted by Gasteiger charge is 2.38. The van der Waals surface area contributed by atoms with Gasteiger partial charge < -0.3 is 15.4 Å². The standard InChI is InChI=1S/C26H22FN3O5/c1-2-35-26(34)17-9-13-19(14-10-17)28-23(31)15-22-24(32)29-20-5-3-4-6-21(20)30(22)25(33)16-7-11-18(27)12-8-16/h3-14,22H,2,15H2,1H3,(H,28,31)(H,29,32)/t22-/m1/s1. The molecule has 4 rings (SSSR count). The molecule has 0 spiro atoms. The highest BCUT2D eigenvalue weighted by atomic mass is 19.1. The lowest BCUT2D eigenvalue weighted by Crippen LogP contribution is -2.52. The molecule has 0 aromatic heterocycles. The van der Waals surface area contributed by atoms with Crippen LogP contribution in [0.4, 0.5) is 21.5 Å². The summed E-state index contributed by atoms with van der Waals surface area (Å²) in [5.74, 6) is -2.54. The molecule has 3 amide bonds. The highest BCUT2D eigenvalue weighted by molar-refractivity contribution is 6.17. The number of amides is 3. The van der Waals surface area contributed by atoms with Gasteiger partial charge in [0.2, 0.25) is 11.8 Å². The van der Waals surface area contributed by atoms with Crippen LogP contribution < -0.4 is 15.5 Å². The molecule has 0 unspecified atom stereocenters. The van der Waals surface area contributed by atoms with Gasteiger partial charge in [0.15, 0.2) is 0 Å². The number of nitrogens with zero attached hydrogens (tertiary/aromatic N) is 1. The Kier molecular flexibility index (Phi) is 6.86. The zero-order chi connectivity index (χ0) is 24.9. The number of nitrogens with one attached hydrogen (secondary N) is 2. The van der Waals surface area contributed by atoms with Gasteiger partial charge in [-0.3, -0.25) is 19.3 Å². The van der Waals surface area contributed by atoms with Gasteiger partial charge in [-0.1, -0.05) is 12.1 Å². The fourth-order valence-corrected chi connectivity index (χ4v) is 3.75. The minimum absolute atomic E-state index is 0.177. The zero-order valence-electron chi connectivity index (χ0n) is 18.8. The number of esters is 1. The number of fused-ring (bicyclic) bond motifs is 1. The van der Waals surface area contributed by atoms with E-state index in [0.717, 1.165) is 12.1 Å². The monoisotopic (exact) mass is 475 g/mol. The summed E-state index contributed by atoms with van der Waals surface area (Å²) >= 11 is 0. The molecule has 0 fully saturated rings. The van der Waals surface area contributed by atoms with Gasteiger partial charge in [0.05, 0.1) is 30.0 Å². The van der Waals surface area contributed by atoms with Crippen LogP contribution in [0.5, 0.6) is 0 Å². The number of carbonyl (C=O) groups is 4. The maximum atomic E-state index is 13.4. The van der Waals surface area contributed by atoms with Crippen LogP contribution in [0.25, 0.3) is 0 Å². The van der Waals surface area contributed by atoms with Gasteiger partial charge in [0, 0.05) is 11.3 Å². The summed E-state index contributed by atoms with van der Waals surface area (Å²) in [6.45, 7) is 1.95. The van der Waals surface area contributed by atoms with E-state index in [-0.39, 0.29) is 18.6 Å². The van der Waals surface area contributed by atoms with Crippen LogP contribution in [0.15, 0.2) is 72.8 Å². The first kappa shape index (κ1) is 23.6. The summed E-state index contributed by atoms with van der Waals surface area (Å²) in [5, 5.41) is 5.41. The number of ether oxygens (including phenoxy) is 1. The van der Waals surface area contributed by atoms with Crippen molar-refractivity contribution in [3.63, 3.8) is 0 Å². The molecule has 1 heterocycles. The van der Waals surface area contributed by atoms with E-state index in [1.165, 1.54) is 29.2 Å². The Hall–Kier alpha value is -4.53. The average Bonchev–Trinajstić information content (AvgIpc) is 2.85. The molecule has 0 saturated heterocycles. The molecule has 8 nitrogen and oxygen atoms in total. The molecular weight excluding hydrogens is 453 g/mol. The molecule has 3 aromatic carbocycles. The third kappa shape index (κ3) is 5.19. The van der Waals surface area contributed by atoms with Crippen molar-refractivity contribution in [2.24, 2.45) is 0 Å². The van der Waals surface area contributed by atoms with Crippen molar-refractivity contribution in [3.05, 3.63) is 89.7 Å². The van der Waals surface area contributed by atoms with Gasteiger partial charge in [-0.15, -0.1) is 0 Å². The molecule has 0 bridgehead atoms. The minimum atomic E-state index is -1.14. The molecule has 0 aliphatic carbocycles. The van der Waals surface area contributed by atoms with Crippen molar-refractivity contribution >= 4 is 40.8 Å². The van der Waals surface area contributed by atoms with Gasteiger partial charge >= 0.3 is 5.97 Å². The Labute approximate surface area is 200 Å². The topological polar surface area (TPSA) is 105 Å². The molecular formula is C26H22FN3O5. The lowest BCUT2D eigenvalue weighted by atomic mass is 10.0. The summed E-state index contributed by atoms with van der Waals surface area (Å²) < 4.78 is 18.3. The zero-order valence-corrected chi connectivity index (χ0v) is 18.8. The third-order valence-electron chi connectivity index (χ3n) is 5.40. The number of anilines is 3. The number of para-hydroxylation sites is 2. The van der Waals surface area contributed by atoms with Crippen molar-refractivity contribution in [3.8, 4) is 0 Å². The second-order valence-corrected chi connectivity index (χ2v) is 7.75. The smallest absolute Gasteiger partial charge is 0.338 e. The molecule has 35 heavy (non-hydrogen) atoms. The Morgan fingerprint density at radius 1 is 0.971 bits per heavy atom. The summed E-state index contributed by atoms with van der Waals surface area (Å²) in [5.41, 5.74) is 1.79. The lowest BCUT2D eigenvalue weighted by molar-refractivity contribution is -0.122. The Bertz CT molecular complexity index is 1270. The fraction of sp³-hybridized carbons (Fsp3) is 0.154. The highest BCUT2D eigenvalue weighted by Crippen LogP contribution is 2.34. The molecule has 0 saturated carbocycles. The van der Waals surface area contributed by atoms with Gasteiger partial charge in [-0.2, -0.15) is 0 Å². The Balaban J connectivity index is 1.56. The van der Waals surface area contributed by atoms with Gasteiger partial charge in [0.25, 0.3) is 5.91 Å². The second kappa shape index (κ2) is 10.2. The molecule has 1 aliphatic rings. The van der Waals surface area contributed by atoms with E-state index in [4.69, 9.17) is 4.74 Å². The summed E-state index contributed by atoms with van der Waals surface area (Å²) in [7, 11) is 0. The van der Waals surface area contributed by atoms with E-state index < -0.39 is 35.5 Å². The van der Waals surface area contributed by atoms with Gasteiger partial charge in [0.1, 0.15) is 11.9 Å². The largest absolute Gasteiger partial charge is 0.462 e. The van der Waals surface area contributed by atoms with E-state index in [9.17, 15) is 23.6 Å². The first-order chi connectivity index (χ1) is 16.9. The van der Waals surface area contributed by atoms with Gasteiger partial charge in [-0.05, 0) is 67.6 Å². The van der Waals surface area contributed by atoms with E-state index in [0.29, 0.717) is 22.6 Å². The van der Waals surface area contributed by atoms with Crippen molar-refractivity contribution in [1.82, 2.24) is 0 Å². The quantitative estimate of drug-likeness (QED) is 0.525. The van der Waals surface area contributed by atoms with E-state index in [2.05, 4.69) is 10.6 Å². The van der Waals surface area contributed by atoms with Crippen LogP contribution in [0, 0.1) is 5.82 Å². The van der Waals surface area contributed by atoms with Crippen molar-refractivity contribution in [2.75, 3.05) is 22.1 Å². The molecule has 3 aromatic rings. The first-order valence-corrected chi connectivity index (χ1v) is 10.9. The molecule has 1 aliphatic heterocycles. The second-order valence-electron chi connectivity index (χ2n) is 7.75. The van der Waals surface area contributed by atoms with Crippen molar-refractivity contribution < 1.29 is 28.3 Å². The summed E-state index contributed by atoms with van der Waals surface area (Å²) in [6, 6.07) is 16.7. The van der Waals surface area contributed by atoms with Crippen LogP contribution in [0.3, 0.4) is 0 Å².